The molecular weight excluding hydrogens is 319 g/mol. The largest absolute Gasteiger partial charge is 0.328 e. The highest BCUT2D eigenvalue weighted by Crippen LogP contribution is 2.46. The number of nitriles is 1. The van der Waals surface area contributed by atoms with Crippen LogP contribution in [0.4, 0.5) is 4.39 Å². The third-order valence-electron chi connectivity index (χ3n) is 5.11. The first-order valence-corrected chi connectivity index (χ1v) is 8.17. The molecule has 3 aromatic rings. The lowest BCUT2D eigenvalue weighted by atomic mass is 10.0. The average molecular weight is 336 g/mol. The molecule has 0 amide bonds. The van der Waals surface area contributed by atoms with Gasteiger partial charge < -0.3 is 0 Å². The summed E-state index contributed by atoms with van der Waals surface area (Å²) in [7, 11) is 1.58. The molecule has 0 spiro atoms. The Morgan fingerprint density at radius 2 is 2.08 bits per heavy atom. The van der Waals surface area contributed by atoms with Crippen molar-refractivity contribution in [3.05, 3.63) is 52.5 Å². The van der Waals surface area contributed by atoms with Crippen LogP contribution in [0.2, 0.25) is 0 Å². The third-order valence-corrected chi connectivity index (χ3v) is 5.11. The topological polar surface area (TPSA) is 63.6 Å². The summed E-state index contributed by atoms with van der Waals surface area (Å²) in [5.41, 5.74) is 1.82. The Balaban J connectivity index is 1.97. The van der Waals surface area contributed by atoms with E-state index in [1.54, 1.807) is 29.8 Å². The van der Waals surface area contributed by atoms with E-state index < -0.39 is 5.82 Å². The molecule has 0 radical (unpaired) electrons. The highest BCUT2D eigenvalue weighted by Gasteiger charge is 2.38. The van der Waals surface area contributed by atoms with Crippen molar-refractivity contribution < 1.29 is 4.39 Å². The third kappa shape index (κ3) is 2.35. The molecule has 0 unspecified atom stereocenters. The van der Waals surface area contributed by atoms with Gasteiger partial charge in [-0.25, -0.2) is 9.18 Å². The second-order valence-electron chi connectivity index (χ2n) is 7.07. The van der Waals surface area contributed by atoms with Gasteiger partial charge in [0.05, 0.1) is 17.1 Å². The molecule has 126 valence electrons. The predicted molar refractivity (Wildman–Crippen MR) is 92.4 cm³/mol. The summed E-state index contributed by atoms with van der Waals surface area (Å²) in [5, 5.41) is 9.26. The van der Waals surface area contributed by atoms with Crippen LogP contribution in [-0.2, 0) is 13.6 Å². The van der Waals surface area contributed by atoms with Crippen molar-refractivity contribution in [3.63, 3.8) is 0 Å². The van der Waals surface area contributed by atoms with E-state index >= 15 is 4.39 Å². The molecule has 1 aromatic carbocycles. The zero-order chi connectivity index (χ0) is 17.8. The average Bonchev–Trinajstić information content (AvgIpc) is 3.30. The van der Waals surface area contributed by atoms with E-state index in [-0.39, 0.29) is 22.2 Å². The first kappa shape index (κ1) is 15.6. The molecule has 1 aliphatic carbocycles. The first-order chi connectivity index (χ1) is 11.9. The van der Waals surface area contributed by atoms with Gasteiger partial charge in [0.25, 0.3) is 0 Å². The number of benzene rings is 1. The van der Waals surface area contributed by atoms with E-state index in [1.165, 1.54) is 17.0 Å². The molecule has 6 heteroatoms. The van der Waals surface area contributed by atoms with Crippen LogP contribution in [0, 0.1) is 22.6 Å². The first-order valence-electron chi connectivity index (χ1n) is 8.17. The van der Waals surface area contributed by atoms with Gasteiger partial charge in [-0.15, -0.1) is 0 Å². The van der Waals surface area contributed by atoms with Gasteiger partial charge in [0.2, 0.25) is 0 Å². The van der Waals surface area contributed by atoms with Crippen LogP contribution in [0.5, 0.6) is 0 Å². The molecular formula is C19H17FN4O. The summed E-state index contributed by atoms with van der Waals surface area (Å²) in [6.45, 7) is 2.73. The lowest BCUT2D eigenvalue weighted by molar-refractivity contribution is 0.460. The van der Waals surface area contributed by atoms with Crippen LogP contribution in [0.15, 0.2) is 35.4 Å². The number of aromatic nitrogens is 3. The molecule has 5 nitrogen and oxygen atoms in total. The maximum absolute atomic E-state index is 15.3. The fourth-order valence-electron chi connectivity index (χ4n) is 3.29. The number of hydrogen-bond donors (Lipinski definition) is 0. The number of imidazole rings is 1. The van der Waals surface area contributed by atoms with Crippen molar-refractivity contribution in [2.45, 2.75) is 26.3 Å². The second-order valence-corrected chi connectivity index (χ2v) is 7.07. The highest BCUT2D eigenvalue weighted by molar-refractivity contribution is 5.85. The normalized spacial score (nSPS) is 15.3. The van der Waals surface area contributed by atoms with Gasteiger partial charge in [0, 0.05) is 37.1 Å². The van der Waals surface area contributed by atoms with Gasteiger partial charge in [-0.05, 0) is 36.5 Å². The minimum atomic E-state index is -0.499. The SMILES string of the molecule is Cn1c(=O)n(CC2(C)CC2)c2ccc(-c3cnccc3C#N)c(F)c21. The Hall–Kier alpha value is -2.94. The van der Waals surface area contributed by atoms with Gasteiger partial charge in [-0.3, -0.25) is 14.1 Å². The number of pyridine rings is 1. The fourth-order valence-corrected chi connectivity index (χ4v) is 3.29. The van der Waals surface area contributed by atoms with Crippen molar-refractivity contribution in [3.8, 4) is 17.2 Å². The quantitative estimate of drug-likeness (QED) is 0.738. The number of aryl methyl sites for hydroxylation is 1. The van der Waals surface area contributed by atoms with Crippen molar-refractivity contribution >= 4 is 11.0 Å². The smallest absolute Gasteiger partial charge is 0.292 e. The molecule has 4 rings (SSSR count). The molecule has 25 heavy (non-hydrogen) atoms. The van der Waals surface area contributed by atoms with Crippen LogP contribution in [-0.4, -0.2) is 14.1 Å². The van der Waals surface area contributed by atoms with Gasteiger partial charge in [0.1, 0.15) is 5.52 Å². The molecule has 1 fully saturated rings. The van der Waals surface area contributed by atoms with Crippen molar-refractivity contribution in [1.29, 1.82) is 5.26 Å². The summed E-state index contributed by atoms with van der Waals surface area (Å²) in [6, 6.07) is 7.00. The van der Waals surface area contributed by atoms with Crippen LogP contribution >= 0.6 is 0 Å². The number of hydrogen-bond acceptors (Lipinski definition) is 3. The summed E-state index contributed by atoms with van der Waals surface area (Å²) in [6.07, 6.45) is 5.14. The van der Waals surface area contributed by atoms with Crippen LogP contribution in [0.1, 0.15) is 25.3 Å². The molecule has 0 atom stereocenters. The maximum atomic E-state index is 15.3. The lowest BCUT2D eigenvalue weighted by Crippen LogP contribution is -2.25. The highest BCUT2D eigenvalue weighted by atomic mass is 19.1. The Labute approximate surface area is 144 Å². The van der Waals surface area contributed by atoms with Crippen molar-refractivity contribution in [1.82, 2.24) is 14.1 Å². The molecule has 1 aliphatic rings. The number of halogens is 1. The van der Waals surface area contributed by atoms with Crippen molar-refractivity contribution in [2.75, 3.05) is 0 Å². The minimum Gasteiger partial charge on any atom is -0.292 e. The Kier molecular flexibility index (Phi) is 3.29. The van der Waals surface area contributed by atoms with Gasteiger partial charge >= 0.3 is 5.69 Å². The zero-order valence-corrected chi connectivity index (χ0v) is 14.1. The van der Waals surface area contributed by atoms with Crippen molar-refractivity contribution in [2.24, 2.45) is 12.5 Å². The standard InChI is InChI=1S/C19H17FN4O/c1-19(6-7-19)11-24-15-4-3-13(14-10-22-8-5-12(14)9-21)16(20)17(15)23(2)18(24)25/h3-5,8,10H,6-7,11H2,1-2H3. The maximum Gasteiger partial charge on any atom is 0.328 e. The predicted octanol–water partition coefficient (Wildman–Crippen LogP) is 3.21. The minimum absolute atomic E-state index is 0.130. The molecule has 2 heterocycles. The molecule has 0 aliphatic heterocycles. The molecule has 1 saturated carbocycles. The molecule has 0 saturated heterocycles. The second kappa shape index (κ2) is 5.28. The number of nitrogens with zero attached hydrogens (tertiary/aromatic N) is 4. The Morgan fingerprint density at radius 3 is 2.76 bits per heavy atom. The van der Waals surface area contributed by atoms with Gasteiger partial charge in [-0.1, -0.05) is 6.92 Å². The molecule has 0 bridgehead atoms. The summed E-state index contributed by atoms with van der Waals surface area (Å²) >= 11 is 0. The van der Waals surface area contributed by atoms with E-state index in [9.17, 15) is 10.1 Å². The van der Waals surface area contributed by atoms with E-state index in [0.29, 0.717) is 23.2 Å². The summed E-state index contributed by atoms with van der Waals surface area (Å²) in [4.78, 5) is 16.6. The zero-order valence-electron chi connectivity index (χ0n) is 14.1. The van der Waals surface area contributed by atoms with Gasteiger partial charge in [0.15, 0.2) is 5.82 Å². The van der Waals surface area contributed by atoms with Crippen LogP contribution in [0.3, 0.4) is 0 Å². The Bertz CT molecular complexity index is 1100. The van der Waals surface area contributed by atoms with Crippen LogP contribution < -0.4 is 5.69 Å². The lowest BCUT2D eigenvalue weighted by Gasteiger charge is -2.10. The van der Waals surface area contributed by atoms with Crippen LogP contribution in [0.25, 0.3) is 22.2 Å². The van der Waals surface area contributed by atoms with E-state index in [0.717, 1.165) is 12.8 Å². The fraction of sp³-hybridized carbons (Fsp3) is 0.316. The molecule has 0 N–H and O–H groups in total. The molecule has 2 aromatic heterocycles. The summed E-state index contributed by atoms with van der Waals surface area (Å²) in [5.74, 6) is -0.499. The Morgan fingerprint density at radius 1 is 1.32 bits per heavy atom. The van der Waals surface area contributed by atoms with E-state index in [2.05, 4.69) is 18.0 Å². The number of rotatable bonds is 3. The monoisotopic (exact) mass is 336 g/mol. The number of fused-ring (bicyclic) bond motifs is 1. The summed E-state index contributed by atoms with van der Waals surface area (Å²) < 4.78 is 18.3. The van der Waals surface area contributed by atoms with Gasteiger partial charge in [-0.2, -0.15) is 5.26 Å². The van der Waals surface area contributed by atoms with E-state index in [1.807, 2.05) is 0 Å². The van der Waals surface area contributed by atoms with E-state index in [4.69, 9.17) is 0 Å².